The van der Waals surface area contributed by atoms with E-state index in [0.717, 1.165) is 15.8 Å². The minimum Gasteiger partial charge on any atom is -0.478 e. The number of thiophene rings is 1. The second kappa shape index (κ2) is 8.55. The fourth-order valence-corrected chi connectivity index (χ4v) is 3.54. The minimum atomic E-state index is -1.19. The third kappa shape index (κ3) is 4.87. The van der Waals surface area contributed by atoms with Gasteiger partial charge in [0.2, 0.25) is 0 Å². The molecule has 1 heterocycles. The summed E-state index contributed by atoms with van der Waals surface area (Å²) in [4.78, 5) is 25.1. The number of carbonyl (C=O) groups is 2. The Bertz CT molecular complexity index is 898. The summed E-state index contributed by atoms with van der Waals surface area (Å²) in [7, 11) is 0. The van der Waals surface area contributed by atoms with E-state index < -0.39 is 17.5 Å². The minimum absolute atomic E-state index is 0.230. The molecule has 1 N–H and O–H groups in total. The van der Waals surface area contributed by atoms with Gasteiger partial charge in [0.25, 0.3) is 5.91 Å². The molecular weight excluding hydrogens is 432 g/mol. The molecule has 0 unspecified atom stereocenters. The van der Waals surface area contributed by atoms with Gasteiger partial charge in [-0.3, -0.25) is 4.79 Å². The first-order valence-electron chi connectivity index (χ1n) is 8.16. The Labute approximate surface area is 170 Å². The zero-order chi connectivity index (χ0) is 20.2. The van der Waals surface area contributed by atoms with Gasteiger partial charge in [-0.1, -0.05) is 15.9 Å². The molecule has 0 bridgehead atoms. The lowest BCUT2D eigenvalue weighted by molar-refractivity contribution is -0.128. The number of hydrogen-bond acceptors (Lipinski definition) is 6. The van der Waals surface area contributed by atoms with Crippen LogP contribution in [0, 0.1) is 18.3 Å². The SMILES string of the molecule is CCOC(=O)c1sc(NC(=O)C(C)(C)Oc2ccc(Br)cc2)c(C#N)c1C. The average Bonchev–Trinajstić information content (AvgIpc) is 2.92. The van der Waals surface area contributed by atoms with Crippen molar-refractivity contribution in [2.45, 2.75) is 33.3 Å². The van der Waals surface area contributed by atoms with Gasteiger partial charge in [0.15, 0.2) is 5.60 Å². The number of esters is 1. The van der Waals surface area contributed by atoms with E-state index in [0.29, 0.717) is 21.2 Å². The Balaban J connectivity index is 2.23. The summed E-state index contributed by atoms with van der Waals surface area (Å²) in [6.07, 6.45) is 0. The topological polar surface area (TPSA) is 88.4 Å². The third-order valence-corrected chi connectivity index (χ3v) is 5.40. The van der Waals surface area contributed by atoms with Crippen LogP contribution >= 0.6 is 27.3 Å². The van der Waals surface area contributed by atoms with E-state index in [1.54, 1.807) is 39.8 Å². The highest BCUT2D eigenvalue weighted by atomic mass is 79.9. The summed E-state index contributed by atoms with van der Waals surface area (Å²) in [6.45, 7) is 6.84. The predicted molar refractivity (Wildman–Crippen MR) is 107 cm³/mol. The molecule has 0 aliphatic heterocycles. The molecule has 0 fully saturated rings. The maximum Gasteiger partial charge on any atom is 0.348 e. The zero-order valence-electron chi connectivity index (χ0n) is 15.4. The first-order valence-corrected chi connectivity index (χ1v) is 9.77. The van der Waals surface area contributed by atoms with Crippen molar-refractivity contribution in [3.8, 4) is 11.8 Å². The van der Waals surface area contributed by atoms with Crippen LogP contribution in [-0.2, 0) is 9.53 Å². The monoisotopic (exact) mass is 450 g/mol. The number of anilines is 1. The molecule has 1 amide bonds. The molecule has 1 aromatic heterocycles. The number of benzene rings is 1. The lowest BCUT2D eigenvalue weighted by Gasteiger charge is -2.25. The summed E-state index contributed by atoms with van der Waals surface area (Å²) in [6, 6.07) is 9.15. The molecule has 0 aliphatic rings. The number of nitrogens with one attached hydrogen (secondary N) is 1. The maximum atomic E-state index is 12.7. The molecular formula is C19H19BrN2O4S. The van der Waals surface area contributed by atoms with E-state index in [-0.39, 0.29) is 12.2 Å². The summed E-state index contributed by atoms with van der Waals surface area (Å²) in [5.41, 5.74) is -0.457. The highest BCUT2D eigenvalue weighted by Gasteiger charge is 2.32. The van der Waals surface area contributed by atoms with E-state index in [1.165, 1.54) is 0 Å². The lowest BCUT2D eigenvalue weighted by Crippen LogP contribution is -2.42. The molecule has 27 heavy (non-hydrogen) atoms. The van der Waals surface area contributed by atoms with Gasteiger partial charge in [0, 0.05) is 4.47 Å². The molecule has 0 saturated heterocycles. The quantitative estimate of drug-likeness (QED) is 0.646. The van der Waals surface area contributed by atoms with Crippen molar-refractivity contribution in [2.24, 2.45) is 0 Å². The largest absolute Gasteiger partial charge is 0.478 e. The van der Waals surface area contributed by atoms with Gasteiger partial charge in [-0.15, -0.1) is 11.3 Å². The summed E-state index contributed by atoms with van der Waals surface area (Å²) < 4.78 is 11.7. The Hall–Kier alpha value is -2.37. The molecule has 8 heteroatoms. The summed E-state index contributed by atoms with van der Waals surface area (Å²) in [5.74, 6) is -0.408. The normalized spacial score (nSPS) is 10.8. The van der Waals surface area contributed by atoms with E-state index in [1.807, 2.05) is 18.2 Å². The molecule has 0 aliphatic carbocycles. The molecule has 0 spiro atoms. The number of nitrogens with zero attached hydrogens (tertiary/aromatic N) is 1. The van der Waals surface area contributed by atoms with Gasteiger partial charge < -0.3 is 14.8 Å². The van der Waals surface area contributed by atoms with E-state index >= 15 is 0 Å². The van der Waals surface area contributed by atoms with Gasteiger partial charge in [-0.2, -0.15) is 5.26 Å². The van der Waals surface area contributed by atoms with Crippen LogP contribution in [-0.4, -0.2) is 24.1 Å². The second-order valence-corrected chi connectivity index (χ2v) is 8.05. The van der Waals surface area contributed by atoms with Crippen LogP contribution in [0.25, 0.3) is 0 Å². The molecule has 2 aromatic rings. The second-order valence-electron chi connectivity index (χ2n) is 6.11. The van der Waals surface area contributed by atoms with Crippen molar-refractivity contribution in [1.29, 1.82) is 5.26 Å². The van der Waals surface area contributed by atoms with E-state index in [9.17, 15) is 14.9 Å². The van der Waals surface area contributed by atoms with E-state index in [2.05, 4.69) is 21.2 Å². The van der Waals surface area contributed by atoms with Gasteiger partial charge >= 0.3 is 5.97 Å². The highest BCUT2D eigenvalue weighted by molar-refractivity contribution is 9.10. The molecule has 0 radical (unpaired) electrons. The van der Waals surface area contributed by atoms with Crippen LogP contribution in [0.15, 0.2) is 28.7 Å². The molecule has 1 aromatic carbocycles. The van der Waals surface area contributed by atoms with Crippen LogP contribution < -0.4 is 10.1 Å². The van der Waals surface area contributed by atoms with Gasteiger partial charge in [0.05, 0.1) is 12.2 Å². The number of amides is 1. The number of nitriles is 1. The first kappa shape index (κ1) is 20.9. The molecule has 0 atom stereocenters. The molecule has 2 rings (SSSR count). The van der Waals surface area contributed by atoms with Crippen molar-refractivity contribution in [1.82, 2.24) is 0 Å². The number of carbonyl (C=O) groups excluding carboxylic acids is 2. The number of rotatable bonds is 6. The van der Waals surface area contributed by atoms with Crippen molar-refractivity contribution >= 4 is 44.1 Å². The molecule has 0 saturated carbocycles. The summed E-state index contributed by atoms with van der Waals surface area (Å²) in [5, 5.41) is 12.4. The highest BCUT2D eigenvalue weighted by Crippen LogP contribution is 2.34. The van der Waals surface area contributed by atoms with Crippen LogP contribution in [0.3, 0.4) is 0 Å². The van der Waals surface area contributed by atoms with Crippen LogP contribution in [0.1, 0.15) is 41.6 Å². The van der Waals surface area contributed by atoms with Crippen LogP contribution in [0.2, 0.25) is 0 Å². The van der Waals surface area contributed by atoms with Crippen molar-refractivity contribution in [3.05, 3.63) is 44.7 Å². The lowest BCUT2D eigenvalue weighted by atomic mass is 10.1. The number of ether oxygens (including phenoxy) is 2. The molecule has 142 valence electrons. The Kier molecular flexibility index (Phi) is 6.63. The van der Waals surface area contributed by atoms with E-state index in [4.69, 9.17) is 9.47 Å². The smallest absolute Gasteiger partial charge is 0.348 e. The zero-order valence-corrected chi connectivity index (χ0v) is 17.8. The van der Waals surface area contributed by atoms with Crippen LogP contribution in [0.5, 0.6) is 5.75 Å². The molecule has 6 nitrogen and oxygen atoms in total. The number of hydrogen-bond donors (Lipinski definition) is 1. The Morgan fingerprint density at radius 3 is 2.48 bits per heavy atom. The van der Waals surface area contributed by atoms with Gasteiger partial charge in [-0.25, -0.2) is 4.79 Å². The average molecular weight is 451 g/mol. The van der Waals surface area contributed by atoms with Crippen molar-refractivity contribution in [2.75, 3.05) is 11.9 Å². The van der Waals surface area contributed by atoms with Gasteiger partial charge in [0.1, 0.15) is 21.7 Å². The Morgan fingerprint density at radius 2 is 1.93 bits per heavy atom. The number of halogens is 1. The fourth-order valence-electron chi connectivity index (χ4n) is 2.22. The van der Waals surface area contributed by atoms with Gasteiger partial charge in [-0.05, 0) is 57.5 Å². The Morgan fingerprint density at radius 1 is 1.30 bits per heavy atom. The maximum absolute atomic E-state index is 12.7. The standard InChI is InChI=1S/C19H19BrN2O4S/c1-5-25-17(23)15-11(2)14(10-21)16(27-15)22-18(24)19(3,4)26-13-8-6-12(20)7-9-13/h6-9H,5H2,1-4H3,(H,22,24). The first-order chi connectivity index (χ1) is 12.7. The van der Waals surface area contributed by atoms with Crippen molar-refractivity contribution < 1.29 is 19.1 Å². The predicted octanol–water partition coefficient (Wildman–Crippen LogP) is 4.66. The third-order valence-electron chi connectivity index (χ3n) is 3.68. The fraction of sp³-hybridized carbons (Fsp3) is 0.316. The van der Waals surface area contributed by atoms with Crippen LogP contribution in [0.4, 0.5) is 5.00 Å². The summed E-state index contributed by atoms with van der Waals surface area (Å²) >= 11 is 4.36. The van der Waals surface area contributed by atoms with Crippen molar-refractivity contribution in [3.63, 3.8) is 0 Å².